The van der Waals surface area contributed by atoms with Crippen LogP contribution >= 0.6 is 0 Å². The van der Waals surface area contributed by atoms with Gasteiger partial charge in [0.05, 0.1) is 30.3 Å². The van der Waals surface area contributed by atoms with Gasteiger partial charge in [-0.25, -0.2) is 0 Å². The van der Waals surface area contributed by atoms with E-state index in [9.17, 15) is 19.2 Å². The van der Waals surface area contributed by atoms with E-state index in [4.69, 9.17) is 18.9 Å². The molecule has 0 aromatic rings. The van der Waals surface area contributed by atoms with E-state index in [0.29, 0.717) is 41.4 Å². The molecule has 0 spiro atoms. The Morgan fingerprint density at radius 2 is 0.814 bits per heavy atom. The van der Waals surface area contributed by atoms with Gasteiger partial charge in [0.2, 0.25) is 0 Å². The van der Waals surface area contributed by atoms with Crippen LogP contribution in [-0.4, -0.2) is 48.3 Å². The Labute approximate surface area is 521 Å². The quantitative estimate of drug-likeness (QED) is 0.128. The molecule has 0 aromatic carbocycles. The molecule has 8 nitrogen and oxygen atoms in total. The molecule has 86 heavy (non-hydrogen) atoms. The number of carbonyl (C=O) groups is 4. The first-order valence-corrected chi connectivity index (χ1v) is 38.3. The van der Waals surface area contributed by atoms with Crippen LogP contribution in [0, 0.1) is 189 Å². The average Bonchev–Trinajstić information content (AvgIpc) is 1.56. The highest BCUT2D eigenvalue weighted by Crippen LogP contribution is 2.72. The molecule has 8 heteroatoms. The maximum atomic E-state index is 12.9. The van der Waals surface area contributed by atoms with Crippen molar-refractivity contribution in [1.29, 1.82) is 0 Å². The molecule has 0 aromatic heterocycles. The number of esters is 4. The summed E-state index contributed by atoms with van der Waals surface area (Å²) < 4.78 is 23.9. The van der Waals surface area contributed by atoms with Gasteiger partial charge < -0.3 is 18.9 Å². The van der Waals surface area contributed by atoms with Gasteiger partial charge in [0.25, 0.3) is 0 Å². The van der Waals surface area contributed by atoms with E-state index >= 15 is 0 Å². The number of hydrogen-bond acceptors (Lipinski definition) is 8. The predicted octanol–water partition coefficient (Wildman–Crippen LogP) is 17.4. The monoisotopic (exact) mass is 1180 g/mol. The molecule has 0 N–H and O–H groups in total. The molecular weight excluding hydrogens is 1060 g/mol. The van der Waals surface area contributed by atoms with E-state index in [1.165, 1.54) is 141 Å². The van der Waals surface area contributed by atoms with Crippen LogP contribution in [0.3, 0.4) is 0 Å². The standard InChI is InChI=1S/2C21H32O2.C20H30O2.C16H26O2/c1-11-5-18-17-8-15(20(18)12(11)2)9-19(17)21(22)23-10-16-7-13-3-4-14(16)6-13;1-11-12(2)16-10-15(11)19-13-8-17(20(16)19)18(9-13)21(22)23-14-6-4-3-5-7-14;1-11-12(2)17-6-16(11)7-18(17)19(21)22-20-8-13-3-14(9-20)5-15(4-13)10-20;1-10-11(2)14-8-12(10)9-15(14)16(17)18-13-6-4-3-5-7-13/h2*11-20H,3-10H2,1-2H3;11-18H,3-10H2,1-2H3;10-15H,3-9H2,1-2H3. The zero-order valence-electron chi connectivity index (χ0n) is 55.3. The number of carbonyl (C=O) groups excluding carboxylic acids is 4. The highest BCUT2D eigenvalue weighted by Gasteiger charge is 2.67. The van der Waals surface area contributed by atoms with Gasteiger partial charge in [0.15, 0.2) is 0 Å². The largest absolute Gasteiger partial charge is 0.465 e. The van der Waals surface area contributed by atoms with Gasteiger partial charge in [0, 0.05) is 0 Å². The third-order valence-corrected chi connectivity index (χ3v) is 32.5. The van der Waals surface area contributed by atoms with Crippen LogP contribution in [0.5, 0.6) is 0 Å². The Morgan fingerprint density at radius 3 is 1.34 bits per heavy atom. The van der Waals surface area contributed by atoms with Crippen molar-refractivity contribution in [1.82, 2.24) is 0 Å². The van der Waals surface area contributed by atoms with Crippen molar-refractivity contribution in [2.45, 2.75) is 266 Å². The smallest absolute Gasteiger partial charge is 0.309 e. The normalized spacial score (nSPS) is 53.8. The second-order valence-corrected chi connectivity index (χ2v) is 36.2. The molecule has 0 aliphatic heterocycles. The molecule has 19 saturated carbocycles. The summed E-state index contributed by atoms with van der Waals surface area (Å²) in [5.74, 6) is 24.6. The minimum Gasteiger partial charge on any atom is -0.465 e. The third-order valence-electron chi connectivity index (χ3n) is 32.5. The lowest BCUT2D eigenvalue weighted by molar-refractivity contribution is -0.193. The Kier molecular flexibility index (Phi) is 16.6. The summed E-state index contributed by atoms with van der Waals surface area (Å²) in [6.45, 7) is 20.0. The summed E-state index contributed by atoms with van der Waals surface area (Å²) >= 11 is 0. The molecule has 29 atom stereocenters. The highest BCUT2D eigenvalue weighted by molar-refractivity contribution is 5.75. The Balaban J connectivity index is 0.0000000973. The van der Waals surface area contributed by atoms with Crippen molar-refractivity contribution in [2.24, 2.45) is 189 Å². The molecule has 0 radical (unpaired) electrons. The van der Waals surface area contributed by atoms with Gasteiger partial charge in [-0.3, -0.25) is 19.2 Å². The third kappa shape index (κ3) is 10.7. The second-order valence-electron chi connectivity index (χ2n) is 36.2. The van der Waals surface area contributed by atoms with Crippen LogP contribution in [0.4, 0.5) is 0 Å². The molecule has 480 valence electrons. The summed E-state index contributed by atoms with van der Waals surface area (Å²) in [5.41, 5.74) is -0.0392. The maximum absolute atomic E-state index is 12.9. The molecule has 19 aliphatic carbocycles. The molecule has 19 rings (SSSR count). The lowest BCUT2D eigenvalue weighted by Crippen LogP contribution is -2.53. The molecule has 0 saturated heterocycles. The van der Waals surface area contributed by atoms with E-state index in [0.717, 1.165) is 182 Å². The van der Waals surface area contributed by atoms with Gasteiger partial charge in [-0.15, -0.1) is 0 Å². The van der Waals surface area contributed by atoms with E-state index in [2.05, 4.69) is 55.4 Å². The van der Waals surface area contributed by atoms with Crippen LogP contribution in [0.25, 0.3) is 0 Å². The predicted molar refractivity (Wildman–Crippen MR) is 335 cm³/mol. The summed E-state index contributed by atoms with van der Waals surface area (Å²) in [5, 5.41) is 0. The number of rotatable bonds is 9. The van der Waals surface area contributed by atoms with Crippen LogP contribution in [-0.2, 0) is 38.1 Å². The summed E-state index contributed by atoms with van der Waals surface area (Å²) in [7, 11) is 0. The molecule has 16 bridgehead atoms. The fraction of sp³-hybridized carbons (Fsp3) is 0.949. The summed E-state index contributed by atoms with van der Waals surface area (Å²) in [6, 6.07) is 0. The van der Waals surface area contributed by atoms with Gasteiger partial charge in [-0.1, -0.05) is 74.7 Å². The van der Waals surface area contributed by atoms with Gasteiger partial charge in [-0.2, -0.15) is 0 Å². The van der Waals surface area contributed by atoms with Crippen LogP contribution in [0.1, 0.15) is 248 Å². The first-order chi connectivity index (χ1) is 41.5. The number of fused-ring (bicyclic) bond motifs is 20. The Hall–Kier alpha value is -2.12. The molecule has 0 heterocycles. The Morgan fingerprint density at radius 1 is 0.337 bits per heavy atom. The fourth-order valence-electron chi connectivity index (χ4n) is 28.1. The van der Waals surface area contributed by atoms with E-state index in [-0.39, 0.29) is 65.4 Å². The SMILES string of the molecule is CC1C(C)C2CC1C1C3CC(C(=O)OC4CCCCC4)C(C3)C21.CC1C2CC(C(=O)OC34CC5CC(CC(C5)C3)C4)C(C2)C1C.CC1C2CC(C(=O)OC3CCCCC3)C(C2)C1C.CC1CC2C3CC(CC3C(=O)OCC3CC4CCC3C4)C2C1C. The molecule has 19 aliphatic rings. The topological polar surface area (TPSA) is 105 Å². The van der Waals surface area contributed by atoms with Crippen LogP contribution in [0.2, 0.25) is 0 Å². The van der Waals surface area contributed by atoms with Crippen molar-refractivity contribution in [3.8, 4) is 0 Å². The minimum atomic E-state index is -0.0392. The lowest BCUT2D eigenvalue weighted by Gasteiger charge is -2.56. The maximum Gasteiger partial charge on any atom is 0.309 e. The van der Waals surface area contributed by atoms with Gasteiger partial charge in [-0.05, 0) is 339 Å². The zero-order valence-corrected chi connectivity index (χ0v) is 55.3. The molecule has 0 amide bonds. The second kappa shape index (κ2) is 23.8. The van der Waals surface area contributed by atoms with Crippen LogP contribution in [0.15, 0.2) is 0 Å². The highest BCUT2D eigenvalue weighted by atomic mass is 16.6. The summed E-state index contributed by atoms with van der Waals surface area (Å²) in [4.78, 5) is 50.8. The molecular formula is C78H120O8. The van der Waals surface area contributed by atoms with Crippen molar-refractivity contribution < 1.29 is 38.1 Å². The van der Waals surface area contributed by atoms with Crippen molar-refractivity contribution in [2.75, 3.05) is 6.61 Å². The fourth-order valence-corrected chi connectivity index (χ4v) is 28.1. The van der Waals surface area contributed by atoms with E-state index in [1.54, 1.807) is 0 Å². The average molecular weight is 1190 g/mol. The molecule has 19 fully saturated rings. The van der Waals surface area contributed by atoms with E-state index in [1.807, 2.05) is 0 Å². The minimum absolute atomic E-state index is 0.0392. The van der Waals surface area contributed by atoms with Crippen LogP contribution < -0.4 is 0 Å². The lowest BCUT2D eigenvalue weighted by atomic mass is 9.54. The van der Waals surface area contributed by atoms with Crippen molar-refractivity contribution >= 4 is 23.9 Å². The van der Waals surface area contributed by atoms with Crippen molar-refractivity contribution in [3.05, 3.63) is 0 Å². The first-order valence-electron chi connectivity index (χ1n) is 38.3. The summed E-state index contributed by atoms with van der Waals surface area (Å²) in [6.07, 6.45) is 38.4. The van der Waals surface area contributed by atoms with Gasteiger partial charge >= 0.3 is 23.9 Å². The first kappa shape index (κ1) is 60.1. The Bertz CT molecular complexity index is 2430. The molecule has 29 unspecified atom stereocenters. The van der Waals surface area contributed by atoms with Gasteiger partial charge in [0.1, 0.15) is 17.8 Å². The number of hydrogen-bond donors (Lipinski definition) is 0. The van der Waals surface area contributed by atoms with Crippen molar-refractivity contribution in [3.63, 3.8) is 0 Å². The van der Waals surface area contributed by atoms with E-state index < -0.39 is 0 Å². The number of ether oxygens (including phenoxy) is 4. The zero-order chi connectivity index (χ0) is 59.2.